The van der Waals surface area contributed by atoms with E-state index < -0.39 is 0 Å². The summed E-state index contributed by atoms with van der Waals surface area (Å²) in [6.45, 7) is 5.91. The van der Waals surface area contributed by atoms with Crippen LogP contribution in [-0.2, 0) is 11.2 Å². The van der Waals surface area contributed by atoms with Crippen molar-refractivity contribution in [3.8, 4) is 5.69 Å². The molecule has 2 heterocycles. The molecule has 3 rings (SSSR count). The number of benzene rings is 1. The number of rotatable bonds is 4. The second-order valence-electron chi connectivity index (χ2n) is 6.18. The Morgan fingerprint density at radius 3 is 2.83 bits per heavy atom. The summed E-state index contributed by atoms with van der Waals surface area (Å²) in [5, 5.41) is 11.1. The largest absolute Gasteiger partial charge is 0.352 e. The van der Waals surface area contributed by atoms with Gasteiger partial charge < -0.3 is 10.6 Å². The van der Waals surface area contributed by atoms with Crippen LogP contribution in [0.15, 0.2) is 30.3 Å². The Balaban J connectivity index is 1.73. The van der Waals surface area contributed by atoms with Crippen molar-refractivity contribution in [3.05, 3.63) is 47.3 Å². The van der Waals surface area contributed by atoms with Gasteiger partial charge in [0.15, 0.2) is 0 Å². The number of aromatic nitrogens is 2. The minimum atomic E-state index is 0.0810. The van der Waals surface area contributed by atoms with Crippen molar-refractivity contribution in [2.45, 2.75) is 39.2 Å². The molecule has 1 fully saturated rings. The van der Waals surface area contributed by atoms with Crippen LogP contribution >= 0.6 is 0 Å². The van der Waals surface area contributed by atoms with Crippen molar-refractivity contribution in [2.75, 3.05) is 13.1 Å². The minimum absolute atomic E-state index is 0.0810. The van der Waals surface area contributed by atoms with Gasteiger partial charge in [-0.2, -0.15) is 5.10 Å². The number of nitrogens with zero attached hydrogens (tertiary/aromatic N) is 2. The molecule has 0 aliphatic carbocycles. The van der Waals surface area contributed by atoms with Gasteiger partial charge in [0.2, 0.25) is 5.91 Å². The quantitative estimate of drug-likeness (QED) is 0.906. The highest BCUT2D eigenvalue weighted by Crippen LogP contribution is 2.18. The van der Waals surface area contributed by atoms with Crippen LogP contribution in [0.2, 0.25) is 0 Å². The van der Waals surface area contributed by atoms with E-state index in [4.69, 9.17) is 0 Å². The fourth-order valence-corrected chi connectivity index (χ4v) is 3.17. The zero-order valence-electron chi connectivity index (χ0n) is 13.8. The SMILES string of the molecule is Cc1nn(-c2ccccc2)c(C)c1CC(=O)N[C@H]1CCCNC1. The Kier molecular flexibility index (Phi) is 4.76. The van der Waals surface area contributed by atoms with Crippen molar-refractivity contribution in [3.63, 3.8) is 0 Å². The minimum Gasteiger partial charge on any atom is -0.352 e. The third kappa shape index (κ3) is 3.62. The average molecular weight is 312 g/mol. The van der Waals surface area contributed by atoms with Gasteiger partial charge in [0, 0.05) is 23.8 Å². The van der Waals surface area contributed by atoms with Gasteiger partial charge in [0.25, 0.3) is 0 Å². The van der Waals surface area contributed by atoms with Crippen LogP contribution in [0.3, 0.4) is 0 Å². The molecule has 0 bridgehead atoms. The summed E-state index contributed by atoms with van der Waals surface area (Å²) in [7, 11) is 0. The Hall–Kier alpha value is -2.14. The van der Waals surface area contributed by atoms with Crippen molar-refractivity contribution in [1.29, 1.82) is 0 Å². The molecule has 2 aromatic rings. The average Bonchev–Trinajstić information content (AvgIpc) is 2.85. The van der Waals surface area contributed by atoms with E-state index in [-0.39, 0.29) is 11.9 Å². The first-order valence-corrected chi connectivity index (χ1v) is 8.26. The summed E-state index contributed by atoms with van der Waals surface area (Å²) in [6.07, 6.45) is 2.57. The molecule has 1 aromatic heterocycles. The Morgan fingerprint density at radius 1 is 1.35 bits per heavy atom. The van der Waals surface area contributed by atoms with E-state index >= 15 is 0 Å². The third-order valence-electron chi connectivity index (χ3n) is 4.44. The summed E-state index contributed by atoms with van der Waals surface area (Å²) in [6, 6.07) is 10.3. The molecule has 2 N–H and O–H groups in total. The van der Waals surface area contributed by atoms with Crippen LogP contribution in [0, 0.1) is 13.8 Å². The van der Waals surface area contributed by atoms with Gasteiger partial charge in [-0.15, -0.1) is 0 Å². The van der Waals surface area contributed by atoms with Gasteiger partial charge in [-0.1, -0.05) is 18.2 Å². The lowest BCUT2D eigenvalue weighted by atomic mass is 10.1. The van der Waals surface area contributed by atoms with Crippen molar-refractivity contribution in [1.82, 2.24) is 20.4 Å². The molecule has 5 nitrogen and oxygen atoms in total. The number of aryl methyl sites for hydroxylation is 1. The predicted octanol–water partition coefficient (Wildman–Crippen LogP) is 1.90. The maximum Gasteiger partial charge on any atom is 0.224 e. The molecule has 0 spiro atoms. The molecule has 0 saturated carbocycles. The summed E-state index contributed by atoms with van der Waals surface area (Å²) in [4.78, 5) is 12.4. The Bertz CT molecular complexity index is 672. The zero-order valence-corrected chi connectivity index (χ0v) is 13.8. The van der Waals surface area contributed by atoms with Gasteiger partial charge in [-0.25, -0.2) is 4.68 Å². The lowest BCUT2D eigenvalue weighted by Gasteiger charge is -2.23. The van der Waals surface area contributed by atoms with Crippen LogP contribution in [0.5, 0.6) is 0 Å². The third-order valence-corrected chi connectivity index (χ3v) is 4.44. The van der Waals surface area contributed by atoms with E-state index in [2.05, 4.69) is 15.7 Å². The molecule has 0 radical (unpaired) electrons. The molecule has 1 aromatic carbocycles. The lowest BCUT2D eigenvalue weighted by molar-refractivity contribution is -0.121. The smallest absolute Gasteiger partial charge is 0.224 e. The first kappa shape index (κ1) is 15.7. The van der Waals surface area contributed by atoms with Gasteiger partial charge in [-0.05, 0) is 45.4 Å². The second-order valence-corrected chi connectivity index (χ2v) is 6.18. The number of nitrogens with one attached hydrogen (secondary N) is 2. The number of para-hydroxylation sites is 1. The molecule has 23 heavy (non-hydrogen) atoms. The fraction of sp³-hybridized carbons (Fsp3) is 0.444. The van der Waals surface area contributed by atoms with Crippen molar-refractivity contribution >= 4 is 5.91 Å². The molecule has 0 unspecified atom stereocenters. The summed E-state index contributed by atoms with van der Waals surface area (Å²) in [5.74, 6) is 0.0810. The molecule has 1 amide bonds. The number of hydrogen-bond acceptors (Lipinski definition) is 3. The normalized spacial score (nSPS) is 17.9. The van der Waals surface area contributed by atoms with Crippen molar-refractivity contribution in [2.24, 2.45) is 0 Å². The number of amides is 1. The molecule has 1 atom stereocenters. The standard InChI is InChI=1S/C18H24N4O/c1-13-17(11-18(23)20-15-7-6-10-19-12-15)14(2)22(21-13)16-8-4-3-5-9-16/h3-5,8-9,15,19H,6-7,10-12H2,1-2H3,(H,20,23)/t15-/m0/s1. The molecule has 1 aliphatic rings. The lowest BCUT2D eigenvalue weighted by Crippen LogP contribution is -2.46. The Labute approximate surface area is 137 Å². The highest BCUT2D eigenvalue weighted by atomic mass is 16.1. The van der Waals surface area contributed by atoms with E-state index in [9.17, 15) is 4.79 Å². The maximum atomic E-state index is 12.4. The van der Waals surface area contributed by atoms with E-state index in [1.165, 1.54) is 0 Å². The van der Waals surface area contributed by atoms with Gasteiger partial charge in [0.05, 0.1) is 17.8 Å². The highest BCUT2D eigenvalue weighted by molar-refractivity contribution is 5.79. The van der Waals surface area contributed by atoms with Crippen molar-refractivity contribution < 1.29 is 4.79 Å². The number of piperidine rings is 1. The summed E-state index contributed by atoms with van der Waals surface area (Å²) < 4.78 is 1.92. The van der Waals surface area contributed by atoms with Crippen LogP contribution < -0.4 is 10.6 Å². The van der Waals surface area contributed by atoms with E-state index in [1.54, 1.807) is 0 Å². The number of carbonyl (C=O) groups excluding carboxylic acids is 1. The van der Waals surface area contributed by atoms with Crippen LogP contribution in [-0.4, -0.2) is 34.8 Å². The first-order chi connectivity index (χ1) is 11.1. The topological polar surface area (TPSA) is 59.0 Å². The van der Waals surface area contributed by atoms with Gasteiger partial charge >= 0.3 is 0 Å². The van der Waals surface area contributed by atoms with Crippen LogP contribution in [0.25, 0.3) is 5.69 Å². The number of hydrogen-bond donors (Lipinski definition) is 2. The maximum absolute atomic E-state index is 12.4. The zero-order chi connectivity index (χ0) is 16.2. The van der Waals surface area contributed by atoms with Gasteiger partial charge in [0.1, 0.15) is 0 Å². The molecular weight excluding hydrogens is 288 g/mol. The summed E-state index contributed by atoms with van der Waals surface area (Å²) in [5.41, 5.74) is 4.00. The second kappa shape index (κ2) is 6.96. The molecule has 1 saturated heterocycles. The predicted molar refractivity (Wildman–Crippen MR) is 90.8 cm³/mol. The van der Waals surface area contributed by atoms with E-state index in [0.717, 1.165) is 48.6 Å². The fourth-order valence-electron chi connectivity index (χ4n) is 3.17. The molecule has 122 valence electrons. The summed E-state index contributed by atoms with van der Waals surface area (Å²) >= 11 is 0. The Morgan fingerprint density at radius 2 is 2.13 bits per heavy atom. The monoisotopic (exact) mass is 312 g/mol. The van der Waals surface area contributed by atoms with Crippen LogP contribution in [0.4, 0.5) is 0 Å². The van der Waals surface area contributed by atoms with Gasteiger partial charge in [-0.3, -0.25) is 4.79 Å². The van der Waals surface area contributed by atoms with E-state index in [1.807, 2.05) is 48.9 Å². The number of carbonyl (C=O) groups is 1. The van der Waals surface area contributed by atoms with E-state index in [0.29, 0.717) is 6.42 Å². The molecular formula is C18H24N4O. The highest BCUT2D eigenvalue weighted by Gasteiger charge is 2.19. The molecule has 1 aliphatic heterocycles. The first-order valence-electron chi connectivity index (χ1n) is 8.26. The van der Waals surface area contributed by atoms with Crippen LogP contribution in [0.1, 0.15) is 29.8 Å². The molecule has 5 heteroatoms.